The van der Waals surface area contributed by atoms with Gasteiger partial charge in [-0.05, 0) is 53.8 Å². The van der Waals surface area contributed by atoms with E-state index in [0.29, 0.717) is 22.8 Å². The zero-order valence-electron chi connectivity index (χ0n) is 19.1. The quantitative estimate of drug-likeness (QED) is 0.651. The summed E-state index contributed by atoms with van der Waals surface area (Å²) in [5, 5.41) is 0.581. The highest BCUT2D eigenvalue weighted by molar-refractivity contribution is 6.30. The normalized spacial score (nSPS) is 14.1. The molecule has 0 bridgehead atoms. The molecular weight excluding hydrogens is 426 g/mol. The van der Waals surface area contributed by atoms with Crippen LogP contribution in [-0.2, 0) is 15.0 Å². The van der Waals surface area contributed by atoms with E-state index >= 15 is 0 Å². The van der Waals surface area contributed by atoms with E-state index in [-0.39, 0.29) is 42.9 Å². The summed E-state index contributed by atoms with van der Waals surface area (Å²) in [5.74, 6) is -0.588. The first-order chi connectivity index (χ1) is 15.1. The van der Waals surface area contributed by atoms with E-state index in [1.807, 2.05) is 31.2 Å². The number of rotatable bonds is 6. The molecule has 6 nitrogen and oxygen atoms in total. The summed E-state index contributed by atoms with van der Waals surface area (Å²) in [4.78, 5) is 43.1. The Morgan fingerprint density at radius 1 is 1.03 bits per heavy atom. The van der Waals surface area contributed by atoms with Crippen LogP contribution >= 0.6 is 11.6 Å². The van der Waals surface area contributed by atoms with Gasteiger partial charge in [-0.1, -0.05) is 51.4 Å². The van der Waals surface area contributed by atoms with E-state index in [1.165, 1.54) is 4.90 Å². The third-order valence-corrected chi connectivity index (χ3v) is 5.79. The van der Waals surface area contributed by atoms with Crippen LogP contribution < -0.4 is 4.90 Å². The lowest BCUT2D eigenvalue weighted by molar-refractivity contribution is -0.132. The monoisotopic (exact) mass is 455 g/mol. The Morgan fingerprint density at radius 3 is 2.22 bits per heavy atom. The van der Waals surface area contributed by atoms with Gasteiger partial charge in [-0.2, -0.15) is 0 Å². The fraction of sp³-hybridized carbons (Fsp3) is 0.400. The number of hydrogen-bond donors (Lipinski definition) is 0. The minimum Gasteiger partial charge on any atom is -0.329 e. The number of carbonyl (C=O) groups is 3. The Hall–Kier alpha value is -2.86. The molecule has 0 atom stereocenters. The molecule has 1 heterocycles. The average Bonchev–Trinajstić information content (AvgIpc) is 3.14. The van der Waals surface area contributed by atoms with Crippen molar-refractivity contribution < 1.29 is 14.4 Å². The van der Waals surface area contributed by atoms with Gasteiger partial charge in [0.15, 0.2) is 0 Å². The van der Waals surface area contributed by atoms with Crippen molar-refractivity contribution in [2.75, 3.05) is 31.2 Å². The molecule has 0 N–H and O–H groups in total. The van der Waals surface area contributed by atoms with E-state index in [9.17, 15) is 14.4 Å². The van der Waals surface area contributed by atoms with Gasteiger partial charge in [-0.15, -0.1) is 0 Å². The molecule has 1 aliphatic heterocycles. The van der Waals surface area contributed by atoms with Crippen LogP contribution in [0.15, 0.2) is 48.5 Å². The largest absolute Gasteiger partial charge is 0.329 e. The number of hydrogen-bond acceptors (Lipinski definition) is 3. The number of anilines is 1. The van der Waals surface area contributed by atoms with Crippen molar-refractivity contribution >= 4 is 35.0 Å². The number of nitrogens with zero attached hydrogens (tertiary/aromatic N) is 3. The fourth-order valence-electron chi connectivity index (χ4n) is 3.64. The molecule has 0 radical (unpaired) electrons. The molecule has 2 aromatic carbocycles. The molecular formula is C25H30ClN3O3. The number of benzene rings is 2. The lowest BCUT2D eigenvalue weighted by Crippen LogP contribution is -2.43. The minimum absolute atomic E-state index is 0.00109. The third-order valence-electron chi connectivity index (χ3n) is 5.54. The van der Waals surface area contributed by atoms with E-state index in [4.69, 9.17) is 11.6 Å². The van der Waals surface area contributed by atoms with Crippen molar-refractivity contribution in [3.05, 3.63) is 64.7 Å². The van der Waals surface area contributed by atoms with Gasteiger partial charge in [0.05, 0.1) is 0 Å². The van der Waals surface area contributed by atoms with Gasteiger partial charge < -0.3 is 9.80 Å². The summed E-state index contributed by atoms with van der Waals surface area (Å²) in [7, 11) is 0. The van der Waals surface area contributed by atoms with Crippen LogP contribution in [0.4, 0.5) is 5.69 Å². The van der Waals surface area contributed by atoms with Crippen LogP contribution in [-0.4, -0.2) is 53.8 Å². The lowest BCUT2D eigenvalue weighted by Gasteiger charge is -2.25. The van der Waals surface area contributed by atoms with Crippen LogP contribution in [0.2, 0.25) is 5.02 Å². The maximum absolute atomic E-state index is 13.1. The Bertz CT molecular complexity index is 981. The molecule has 3 amide bonds. The van der Waals surface area contributed by atoms with Gasteiger partial charge in [0, 0.05) is 22.8 Å². The molecule has 170 valence electrons. The van der Waals surface area contributed by atoms with E-state index < -0.39 is 0 Å². The van der Waals surface area contributed by atoms with Crippen LogP contribution in [0, 0.1) is 0 Å². The van der Waals surface area contributed by atoms with Crippen molar-refractivity contribution in [3.8, 4) is 0 Å². The van der Waals surface area contributed by atoms with Crippen LogP contribution in [0.1, 0.15) is 50.0 Å². The Balaban J connectivity index is 1.69. The molecule has 0 aromatic heterocycles. The highest BCUT2D eigenvalue weighted by atomic mass is 35.5. The predicted molar refractivity (Wildman–Crippen MR) is 127 cm³/mol. The molecule has 1 aliphatic rings. The summed E-state index contributed by atoms with van der Waals surface area (Å²) in [6.45, 7) is 8.89. The molecule has 0 aliphatic carbocycles. The summed E-state index contributed by atoms with van der Waals surface area (Å²) in [6.07, 6.45) is 0.731. The van der Waals surface area contributed by atoms with Gasteiger partial charge in [-0.25, -0.2) is 0 Å². The first-order valence-corrected chi connectivity index (χ1v) is 11.2. The first-order valence-electron chi connectivity index (χ1n) is 10.8. The van der Waals surface area contributed by atoms with Gasteiger partial charge in [0.2, 0.25) is 11.8 Å². The van der Waals surface area contributed by atoms with Gasteiger partial charge in [-0.3, -0.25) is 19.3 Å². The third kappa shape index (κ3) is 5.49. The van der Waals surface area contributed by atoms with Crippen LogP contribution in [0.3, 0.4) is 0 Å². The summed E-state index contributed by atoms with van der Waals surface area (Å²) in [5.41, 5.74) is 2.39. The van der Waals surface area contributed by atoms with Gasteiger partial charge in [0.25, 0.3) is 5.91 Å². The van der Waals surface area contributed by atoms with Crippen molar-refractivity contribution in [2.45, 2.75) is 39.5 Å². The standard InChI is InChI=1S/C25H30ClN3O3/c1-5-14-27(24(32)18-6-8-19(9-7-18)25(2,3)4)15-22(30)28-16-23(31)29(17-28)21-12-10-20(26)11-13-21/h6-13H,5,14-17H2,1-4H3. The maximum atomic E-state index is 13.1. The Kier molecular flexibility index (Phi) is 7.24. The molecule has 7 heteroatoms. The lowest BCUT2D eigenvalue weighted by atomic mass is 9.86. The second-order valence-corrected chi connectivity index (χ2v) is 9.52. The van der Waals surface area contributed by atoms with Crippen LogP contribution in [0.25, 0.3) is 0 Å². The maximum Gasteiger partial charge on any atom is 0.254 e. The minimum atomic E-state index is -0.247. The molecule has 1 saturated heterocycles. The topological polar surface area (TPSA) is 60.9 Å². The van der Waals surface area contributed by atoms with Crippen molar-refractivity contribution in [3.63, 3.8) is 0 Å². The summed E-state index contributed by atoms with van der Waals surface area (Å²) >= 11 is 5.93. The Morgan fingerprint density at radius 2 is 1.66 bits per heavy atom. The molecule has 0 unspecified atom stereocenters. The second-order valence-electron chi connectivity index (χ2n) is 9.09. The smallest absolute Gasteiger partial charge is 0.254 e. The molecule has 1 fully saturated rings. The summed E-state index contributed by atoms with van der Waals surface area (Å²) < 4.78 is 0. The van der Waals surface area contributed by atoms with Crippen molar-refractivity contribution in [1.29, 1.82) is 0 Å². The highest BCUT2D eigenvalue weighted by Crippen LogP contribution is 2.24. The zero-order valence-corrected chi connectivity index (χ0v) is 19.9. The van der Waals surface area contributed by atoms with Crippen molar-refractivity contribution in [2.24, 2.45) is 0 Å². The molecule has 0 spiro atoms. The van der Waals surface area contributed by atoms with Crippen molar-refractivity contribution in [1.82, 2.24) is 9.80 Å². The Labute approximate surface area is 194 Å². The van der Waals surface area contributed by atoms with E-state index in [2.05, 4.69) is 20.8 Å². The molecule has 32 heavy (non-hydrogen) atoms. The van der Waals surface area contributed by atoms with E-state index in [0.717, 1.165) is 12.0 Å². The molecule has 2 aromatic rings. The summed E-state index contributed by atoms with van der Waals surface area (Å²) in [6, 6.07) is 14.5. The molecule has 3 rings (SSSR count). The highest BCUT2D eigenvalue weighted by Gasteiger charge is 2.33. The first kappa shape index (κ1) is 23.8. The average molecular weight is 456 g/mol. The predicted octanol–water partition coefficient (Wildman–Crippen LogP) is 4.32. The molecule has 0 saturated carbocycles. The van der Waals surface area contributed by atoms with E-state index in [1.54, 1.807) is 34.1 Å². The van der Waals surface area contributed by atoms with Gasteiger partial charge >= 0.3 is 0 Å². The zero-order chi connectivity index (χ0) is 23.5. The number of halogens is 1. The fourth-order valence-corrected chi connectivity index (χ4v) is 3.77. The number of amides is 3. The van der Waals surface area contributed by atoms with Gasteiger partial charge in [0.1, 0.15) is 19.8 Å². The second kappa shape index (κ2) is 9.74. The SMILES string of the molecule is CCCN(CC(=O)N1CC(=O)N(c2ccc(Cl)cc2)C1)C(=O)c1ccc(C(C)(C)C)cc1. The van der Waals surface area contributed by atoms with Crippen LogP contribution in [0.5, 0.6) is 0 Å². The number of carbonyl (C=O) groups excluding carboxylic acids is 3.